The first-order chi connectivity index (χ1) is 32.5. The maximum absolute atomic E-state index is 12.8. The smallest absolute Gasteiger partial charge is 0.306 e. The van der Waals surface area contributed by atoms with E-state index in [0.29, 0.717) is 19.3 Å². The zero-order valence-corrected chi connectivity index (χ0v) is 42.9. The lowest BCUT2D eigenvalue weighted by Gasteiger charge is -2.18. The molecule has 1 unspecified atom stereocenters. The lowest BCUT2D eigenvalue weighted by atomic mass is 10.1. The number of ether oxygens (including phenoxy) is 3. The van der Waals surface area contributed by atoms with Crippen molar-refractivity contribution >= 4 is 17.9 Å². The van der Waals surface area contributed by atoms with Crippen LogP contribution in [0, 0.1) is 0 Å². The summed E-state index contributed by atoms with van der Waals surface area (Å²) in [4.78, 5) is 38.1. The van der Waals surface area contributed by atoms with Crippen molar-refractivity contribution < 1.29 is 28.6 Å². The Bertz CT molecular complexity index is 1330. The van der Waals surface area contributed by atoms with Crippen LogP contribution in [0.2, 0.25) is 0 Å². The van der Waals surface area contributed by atoms with Crippen LogP contribution in [0.25, 0.3) is 0 Å². The standard InChI is InChI=1S/C60H100O6/c1-4-7-10-13-16-19-22-25-28-30-32-35-38-41-44-47-50-53-59(62)65-56-57(55-64-58(61)52-49-46-43-40-37-34-27-24-21-18-15-12-9-6-3)66-60(63)54-51-48-45-42-39-36-33-31-29-26-23-20-17-14-11-8-5-2/h9,12,16-21,25-26,28-29,32,35,41,44,57H,4-8,10-11,13-15,22-24,27,30-31,33-34,36-40,42-43,45-56H2,1-3H3/b12-9-,19-16-,20-17-,21-18-,28-25-,29-26-,35-32-,44-41-. The van der Waals surface area contributed by atoms with Gasteiger partial charge in [-0.15, -0.1) is 0 Å². The molecule has 376 valence electrons. The highest BCUT2D eigenvalue weighted by molar-refractivity contribution is 5.71. The summed E-state index contributed by atoms with van der Waals surface area (Å²) in [5, 5.41) is 0. The number of carbonyl (C=O) groups is 3. The van der Waals surface area contributed by atoms with Gasteiger partial charge in [0.1, 0.15) is 13.2 Å². The maximum Gasteiger partial charge on any atom is 0.306 e. The summed E-state index contributed by atoms with van der Waals surface area (Å²) < 4.78 is 16.8. The predicted octanol–water partition coefficient (Wildman–Crippen LogP) is 18.1. The average Bonchev–Trinajstić information content (AvgIpc) is 3.31. The molecule has 0 aliphatic heterocycles. The summed E-state index contributed by atoms with van der Waals surface area (Å²) in [5.74, 6) is -0.977. The summed E-state index contributed by atoms with van der Waals surface area (Å²) >= 11 is 0. The van der Waals surface area contributed by atoms with Gasteiger partial charge in [0, 0.05) is 19.3 Å². The number of rotatable bonds is 48. The molecule has 0 aliphatic carbocycles. The molecular weight excluding hydrogens is 817 g/mol. The van der Waals surface area contributed by atoms with E-state index in [1.807, 2.05) is 0 Å². The number of esters is 3. The van der Waals surface area contributed by atoms with Crippen LogP contribution in [0.4, 0.5) is 0 Å². The molecule has 6 heteroatoms. The van der Waals surface area contributed by atoms with Crippen molar-refractivity contribution in [2.75, 3.05) is 13.2 Å². The first-order valence-electron chi connectivity index (χ1n) is 27.2. The van der Waals surface area contributed by atoms with Gasteiger partial charge in [0.15, 0.2) is 6.10 Å². The van der Waals surface area contributed by atoms with Crippen LogP contribution in [0.5, 0.6) is 0 Å². The van der Waals surface area contributed by atoms with Crippen LogP contribution < -0.4 is 0 Å². The topological polar surface area (TPSA) is 78.9 Å². The van der Waals surface area contributed by atoms with E-state index in [0.717, 1.165) is 96.3 Å². The van der Waals surface area contributed by atoms with E-state index in [-0.39, 0.29) is 37.5 Å². The van der Waals surface area contributed by atoms with Crippen LogP contribution in [0.1, 0.15) is 245 Å². The molecule has 0 amide bonds. The van der Waals surface area contributed by atoms with E-state index < -0.39 is 6.10 Å². The molecule has 0 rings (SSSR count). The van der Waals surface area contributed by atoms with Gasteiger partial charge in [0.2, 0.25) is 0 Å². The Kier molecular flexibility index (Phi) is 50.9. The van der Waals surface area contributed by atoms with Crippen LogP contribution >= 0.6 is 0 Å². The Hall–Kier alpha value is -3.67. The second-order valence-corrected chi connectivity index (χ2v) is 17.7. The van der Waals surface area contributed by atoms with Crippen molar-refractivity contribution in [3.63, 3.8) is 0 Å². The SMILES string of the molecule is CC/C=C\C/C=C\CCCCCCCCCC(=O)OCC(COC(=O)CCC/C=C\C/C=C\C/C=C\C/C=C\CCCCC)OC(=O)CCCCCCCCC/C=C\C/C=C\CCCCC. The number of hydrogen-bond donors (Lipinski definition) is 0. The fraction of sp³-hybridized carbons (Fsp3) is 0.683. The molecule has 0 aromatic carbocycles. The van der Waals surface area contributed by atoms with Crippen molar-refractivity contribution in [3.05, 3.63) is 97.2 Å². The lowest BCUT2D eigenvalue weighted by molar-refractivity contribution is -0.167. The van der Waals surface area contributed by atoms with E-state index in [9.17, 15) is 14.4 Å². The molecule has 0 N–H and O–H groups in total. The summed E-state index contributed by atoms with van der Waals surface area (Å²) in [6.45, 7) is 6.42. The summed E-state index contributed by atoms with van der Waals surface area (Å²) in [7, 11) is 0. The van der Waals surface area contributed by atoms with Crippen molar-refractivity contribution in [1.82, 2.24) is 0 Å². The highest BCUT2D eigenvalue weighted by atomic mass is 16.6. The molecule has 0 heterocycles. The molecule has 0 aromatic rings. The van der Waals surface area contributed by atoms with Gasteiger partial charge in [-0.05, 0) is 116 Å². The Balaban J connectivity index is 4.50. The van der Waals surface area contributed by atoms with Crippen LogP contribution in [0.15, 0.2) is 97.2 Å². The fourth-order valence-electron chi connectivity index (χ4n) is 7.21. The second-order valence-electron chi connectivity index (χ2n) is 17.7. The van der Waals surface area contributed by atoms with Crippen LogP contribution in [-0.4, -0.2) is 37.2 Å². The Morgan fingerprint density at radius 1 is 0.318 bits per heavy atom. The molecule has 0 saturated heterocycles. The van der Waals surface area contributed by atoms with Gasteiger partial charge in [-0.2, -0.15) is 0 Å². The molecule has 6 nitrogen and oxygen atoms in total. The largest absolute Gasteiger partial charge is 0.462 e. The van der Waals surface area contributed by atoms with Gasteiger partial charge in [-0.3, -0.25) is 14.4 Å². The summed E-state index contributed by atoms with van der Waals surface area (Å²) in [5.41, 5.74) is 0. The molecule has 0 spiro atoms. The zero-order valence-electron chi connectivity index (χ0n) is 42.9. The number of unbranched alkanes of at least 4 members (excludes halogenated alkanes) is 21. The molecule has 0 aliphatic rings. The molecule has 0 fully saturated rings. The monoisotopic (exact) mass is 917 g/mol. The Morgan fingerprint density at radius 2 is 0.606 bits per heavy atom. The molecule has 0 radical (unpaired) electrons. The first-order valence-corrected chi connectivity index (χ1v) is 27.2. The quantitative estimate of drug-likeness (QED) is 0.0262. The third-order valence-corrected chi connectivity index (χ3v) is 11.3. The third-order valence-electron chi connectivity index (χ3n) is 11.3. The molecular formula is C60H100O6. The van der Waals surface area contributed by atoms with E-state index >= 15 is 0 Å². The number of carbonyl (C=O) groups excluding carboxylic acids is 3. The molecule has 66 heavy (non-hydrogen) atoms. The lowest BCUT2D eigenvalue weighted by Crippen LogP contribution is -2.30. The number of hydrogen-bond acceptors (Lipinski definition) is 6. The Labute approximate surface area is 407 Å². The summed E-state index contributed by atoms with van der Waals surface area (Å²) in [6.07, 6.45) is 71.1. The van der Waals surface area contributed by atoms with Crippen LogP contribution in [-0.2, 0) is 28.6 Å². The van der Waals surface area contributed by atoms with E-state index in [2.05, 4.69) is 118 Å². The van der Waals surface area contributed by atoms with Crippen molar-refractivity contribution in [3.8, 4) is 0 Å². The van der Waals surface area contributed by atoms with E-state index in [1.165, 1.54) is 103 Å². The van der Waals surface area contributed by atoms with Gasteiger partial charge >= 0.3 is 17.9 Å². The van der Waals surface area contributed by atoms with E-state index in [1.54, 1.807) is 0 Å². The molecule has 0 aromatic heterocycles. The van der Waals surface area contributed by atoms with Gasteiger partial charge < -0.3 is 14.2 Å². The van der Waals surface area contributed by atoms with Crippen molar-refractivity contribution in [2.45, 2.75) is 252 Å². The van der Waals surface area contributed by atoms with Gasteiger partial charge in [0.25, 0.3) is 0 Å². The second kappa shape index (κ2) is 53.9. The average molecular weight is 917 g/mol. The van der Waals surface area contributed by atoms with Gasteiger partial charge in [0.05, 0.1) is 0 Å². The van der Waals surface area contributed by atoms with E-state index in [4.69, 9.17) is 14.2 Å². The highest BCUT2D eigenvalue weighted by Gasteiger charge is 2.19. The normalized spacial score (nSPS) is 12.8. The van der Waals surface area contributed by atoms with Crippen molar-refractivity contribution in [1.29, 1.82) is 0 Å². The highest BCUT2D eigenvalue weighted by Crippen LogP contribution is 2.14. The number of allylic oxidation sites excluding steroid dienone is 16. The first kappa shape index (κ1) is 62.3. The van der Waals surface area contributed by atoms with Gasteiger partial charge in [-0.25, -0.2) is 0 Å². The zero-order chi connectivity index (χ0) is 47.9. The minimum Gasteiger partial charge on any atom is -0.462 e. The molecule has 0 saturated carbocycles. The summed E-state index contributed by atoms with van der Waals surface area (Å²) in [6, 6.07) is 0. The minimum absolute atomic E-state index is 0.103. The third kappa shape index (κ3) is 51.3. The fourth-order valence-corrected chi connectivity index (χ4v) is 7.21. The predicted molar refractivity (Wildman–Crippen MR) is 284 cm³/mol. The molecule has 1 atom stereocenters. The van der Waals surface area contributed by atoms with Crippen molar-refractivity contribution in [2.24, 2.45) is 0 Å². The van der Waals surface area contributed by atoms with Crippen LogP contribution in [0.3, 0.4) is 0 Å². The minimum atomic E-state index is -0.808. The molecule has 0 bridgehead atoms. The van der Waals surface area contributed by atoms with Gasteiger partial charge in [-0.1, -0.05) is 208 Å². The Morgan fingerprint density at radius 3 is 0.985 bits per heavy atom. The maximum atomic E-state index is 12.8.